The van der Waals surface area contributed by atoms with Crippen LogP contribution in [-0.4, -0.2) is 36.2 Å². The predicted molar refractivity (Wildman–Crippen MR) is 66.0 cm³/mol. The Kier molecular flexibility index (Phi) is 3.69. The van der Waals surface area contributed by atoms with Crippen LogP contribution in [0.4, 0.5) is 0 Å². The van der Waals surface area contributed by atoms with Crippen LogP contribution in [0.5, 0.6) is 5.75 Å². The van der Waals surface area contributed by atoms with E-state index in [0.717, 1.165) is 43.9 Å². The minimum atomic E-state index is 0.187. The van der Waals surface area contributed by atoms with Crippen molar-refractivity contribution in [1.82, 2.24) is 10.2 Å². The van der Waals surface area contributed by atoms with Gasteiger partial charge in [-0.25, -0.2) is 0 Å². The molecule has 1 aromatic carbocycles. The monoisotopic (exact) mass is 240 g/mol. The van der Waals surface area contributed by atoms with Crippen LogP contribution in [-0.2, 0) is 6.54 Å². The molecule has 1 heterocycles. The van der Waals surface area contributed by atoms with E-state index in [1.54, 1.807) is 6.07 Å². The number of piperazine rings is 1. The third-order valence-electron chi connectivity index (χ3n) is 2.91. The highest BCUT2D eigenvalue weighted by molar-refractivity contribution is 6.32. The molecule has 0 atom stereocenters. The van der Waals surface area contributed by atoms with E-state index in [2.05, 4.69) is 10.2 Å². The fourth-order valence-corrected chi connectivity index (χ4v) is 2.15. The largest absolute Gasteiger partial charge is 0.506 e. The first-order valence-electron chi connectivity index (χ1n) is 5.58. The Morgan fingerprint density at radius 3 is 2.69 bits per heavy atom. The highest BCUT2D eigenvalue weighted by Crippen LogP contribution is 2.28. The number of hydrogen-bond donors (Lipinski definition) is 2. The third-order valence-corrected chi connectivity index (χ3v) is 3.40. The van der Waals surface area contributed by atoms with E-state index in [4.69, 9.17) is 11.6 Å². The molecular weight excluding hydrogens is 224 g/mol. The molecule has 2 rings (SSSR count). The van der Waals surface area contributed by atoms with E-state index in [-0.39, 0.29) is 5.75 Å². The Labute approximate surface area is 101 Å². The van der Waals surface area contributed by atoms with Gasteiger partial charge in [0.15, 0.2) is 0 Å². The van der Waals surface area contributed by atoms with E-state index in [1.807, 2.05) is 13.0 Å². The molecule has 0 radical (unpaired) electrons. The molecule has 1 fully saturated rings. The second-order valence-electron chi connectivity index (χ2n) is 4.27. The van der Waals surface area contributed by atoms with Gasteiger partial charge in [0.25, 0.3) is 0 Å². The number of nitrogens with one attached hydrogen (secondary N) is 1. The van der Waals surface area contributed by atoms with Crippen LogP contribution < -0.4 is 5.32 Å². The van der Waals surface area contributed by atoms with Crippen LogP contribution in [0.3, 0.4) is 0 Å². The lowest BCUT2D eigenvalue weighted by Crippen LogP contribution is -2.42. The van der Waals surface area contributed by atoms with Crippen LogP contribution in [0, 0.1) is 6.92 Å². The molecule has 0 spiro atoms. The van der Waals surface area contributed by atoms with Gasteiger partial charge in [-0.15, -0.1) is 0 Å². The van der Waals surface area contributed by atoms with Gasteiger partial charge in [0.2, 0.25) is 0 Å². The molecule has 4 heteroatoms. The highest BCUT2D eigenvalue weighted by Gasteiger charge is 2.11. The van der Waals surface area contributed by atoms with Crippen molar-refractivity contribution in [1.29, 1.82) is 0 Å². The Bertz CT molecular complexity index is 352. The smallest absolute Gasteiger partial charge is 0.134 e. The fourth-order valence-electron chi connectivity index (χ4n) is 2.04. The molecule has 2 N–H and O–H groups in total. The minimum absolute atomic E-state index is 0.187. The van der Waals surface area contributed by atoms with E-state index >= 15 is 0 Å². The van der Waals surface area contributed by atoms with Gasteiger partial charge in [0, 0.05) is 32.7 Å². The molecule has 3 nitrogen and oxygen atoms in total. The quantitative estimate of drug-likeness (QED) is 0.827. The Hall–Kier alpha value is -0.770. The molecule has 0 aliphatic carbocycles. The van der Waals surface area contributed by atoms with Gasteiger partial charge >= 0.3 is 0 Å². The van der Waals surface area contributed by atoms with Crippen LogP contribution in [0.25, 0.3) is 0 Å². The molecule has 88 valence electrons. The summed E-state index contributed by atoms with van der Waals surface area (Å²) in [5.41, 5.74) is 2.06. The number of phenolic OH excluding ortho intramolecular Hbond substituents is 1. The van der Waals surface area contributed by atoms with Crippen LogP contribution in [0.15, 0.2) is 12.1 Å². The second kappa shape index (κ2) is 5.04. The third kappa shape index (κ3) is 2.67. The number of halogens is 1. The maximum absolute atomic E-state index is 9.65. The van der Waals surface area contributed by atoms with Gasteiger partial charge in [0.05, 0.1) is 5.02 Å². The molecule has 0 unspecified atom stereocenters. The first kappa shape index (κ1) is 11.7. The van der Waals surface area contributed by atoms with Gasteiger partial charge in [-0.05, 0) is 24.1 Å². The normalized spacial score (nSPS) is 17.6. The fraction of sp³-hybridized carbons (Fsp3) is 0.500. The number of nitrogens with zero attached hydrogens (tertiary/aromatic N) is 1. The maximum atomic E-state index is 9.65. The standard InChI is InChI=1S/C12H17ClN2O/c1-9-6-10(7-11(16)12(9)13)8-15-4-2-14-3-5-15/h6-7,14,16H,2-5,8H2,1H3. The zero-order valence-electron chi connectivity index (χ0n) is 9.46. The zero-order valence-corrected chi connectivity index (χ0v) is 10.2. The van der Waals surface area contributed by atoms with Crippen molar-refractivity contribution < 1.29 is 5.11 Å². The van der Waals surface area contributed by atoms with Crippen molar-refractivity contribution in [3.63, 3.8) is 0 Å². The lowest BCUT2D eigenvalue weighted by atomic mass is 10.1. The van der Waals surface area contributed by atoms with Crippen molar-refractivity contribution in [2.24, 2.45) is 0 Å². The van der Waals surface area contributed by atoms with Gasteiger partial charge in [-0.2, -0.15) is 0 Å². The molecule has 0 bridgehead atoms. The summed E-state index contributed by atoms with van der Waals surface area (Å²) in [6.07, 6.45) is 0. The summed E-state index contributed by atoms with van der Waals surface area (Å²) in [4.78, 5) is 2.37. The van der Waals surface area contributed by atoms with E-state index < -0.39 is 0 Å². The summed E-state index contributed by atoms with van der Waals surface area (Å²) in [6, 6.07) is 3.81. The van der Waals surface area contributed by atoms with E-state index in [1.165, 1.54) is 0 Å². The molecule has 16 heavy (non-hydrogen) atoms. The van der Waals surface area contributed by atoms with E-state index in [9.17, 15) is 5.11 Å². The number of hydrogen-bond acceptors (Lipinski definition) is 3. The summed E-state index contributed by atoms with van der Waals surface area (Å²) in [7, 11) is 0. The van der Waals surface area contributed by atoms with Crippen molar-refractivity contribution in [2.75, 3.05) is 26.2 Å². The first-order chi connectivity index (χ1) is 7.66. The lowest BCUT2D eigenvalue weighted by Gasteiger charge is -2.27. The van der Waals surface area contributed by atoms with Crippen molar-refractivity contribution >= 4 is 11.6 Å². The topological polar surface area (TPSA) is 35.5 Å². The Morgan fingerprint density at radius 1 is 1.38 bits per heavy atom. The average Bonchev–Trinajstić information content (AvgIpc) is 2.27. The second-order valence-corrected chi connectivity index (χ2v) is 4.65. The van der Waals surface area contributed by atoms with Crippen LogP contribution in [0.2, 0.25) is 5.02 Å². The Morgan fingerprint density at radius 2 is 2.06 bits per heavy atom. The van der Waals surface area contributed by atoms with Crippen molar-refractivity contribution in [3.05, 3.63) is 28.3 Å². The predicted octanol–water partition coefficient (Wildman–Crippen LogP) is 1.76. The number of aryl methyl sites for hydroxylation is 1. The molecule has 0 aromatic heterocycles. The molecule has 0 saturated carbocycles. The van der Waals surface area contributed by atoms with Gasteiger partial charge in [-0.1, -0.05) is 17.7 Å². The summed E-state index contributed by atoms with van der Waals surface area (Å²) < 4.78 is 0. The molecule has 1 aliphatic rings. The van der Waals surface area contributed by atoms with Crippen LogP contribution >= 0.6 is 11.6 Å². The number of benzene rings is 1. The van der Waals surface area contributed by atoms with E-state index in [0.29, 0.717) is 5.02 Å². The van der Waals surface area contributed by atoms with Gasteiger partial charge < -0.3 is 10.4 Å². The van der Waals surface area contributed by atoms with Gasteiger partial charge in [-0.3, -0.25) is 4.90 Å². The number of phenols is 1. The van der Waals surface area contributed by atoms with Crippen molar-refractivity contribution in [3.8, 4) is 5.75 Å². The summed E-state index contributed by atoms with van der Waals surface area (Å²) >= 11 is 5.92. The maximum Gasteiger partial charge on any atom is 0.134 e. The minimum Gasteiger partial charge on any atom is -0.506 e. The first-order valence-corrected chi connectivity index (χ1v) is 5.95. The van der Waals surface area contributed by atoms with Crippen LogP contribution in [0.1, 0.15) is 11.1 Å². The molecule has 0 amide bonds. The Balaban J connectivity index is 2.09. The number of aromatic hydroxyl groups is 1. The summed E-state index contributed by atoms with van der Waals surface area (Å²) in [5, 5.41) is 13.4. The molecule has 1 saturated heterocycles. The average molecular weight is 241 g/mol. The lowest BCUT2D eigenvalue weighted by molar-refractivity contribution is 0.233. The van der Waals surface area contributed by atoms with Crippen molar-refractivity contribution in [2.45, 2.75) is 13.5 Å². The SMILES string of the molecule is Cc1cc(CN2CCNCC2)cc(O)c1Cl. The summed E-state index contributed by atoms with van der Waals surface area (Å²) in [6.45, 7) is 7.00. The summed E-state index contributed by atoms with van der Waals surface area (Å²) in [5.74, 6) is 0.187. The molecule has 1 aliphatic heterocycles. The highest BCUT2D eigenvalue weighted by atomic mass is 35.5. The molecule has 1 aromatic rings. The molecular formula is C12H17ClN2O. The number of rotatable bonds is 2. The van der Waals surface area contributed by atoms with Gasteiger partial charge in [0.1, 0.15) is 5.75 Å². The zero-order chi connectivity index (χ0) is 11.5.